The number of piperidine rings is 1. The fraction of sp³-hybridized carbons (Fsp3) is 0.320. The Hall–Kier alpha value is -3.48. The molecule has 1 amide bonds. The van der Waals surface area contributed by atoms with Crippen LogP contribution in [0.15, 0.2) is 65.8 Å². The molecule has 2 atom stereocenters. The number of benzene rings is 1. The molecule has 3 N–H and O–H groups in total. The van der Waals surface area contributed by atoms with Crippen molar-refractivity contribution in [2.75, 3.05) is 13.1 Å². The molecule has 0 aliphatic carbocycles. The fourth-order valence-corrected chi connectivity index (χ4v) is 5.22. The summed E-state index contributed by atoms with van der Waals surface area (Å²) in [7, 11) is 0. The largest absolute Gasteiger partial charge is 0.478 e. The summed E-state index contributed by atoms with van der Waals surface area (Å²) < 4.78 is 5.24. The van der Waals surface area contributed by atoms with E-state index < -0.39 is 12.0 Å². The maximum Gasteiger partial charge on any atom is 0.327 e. The molecule has 176 valence electrons. The summed E-state index contributed by atoms with van der Waals surface area (Å²) in [5.74, 6) is -0.948. The van der Waals surface area contributed by atoms with E-state index in [1.54, 1.807) is 12.1 Å². The predicted octanol–water partition coefficient (Wildman–Crippen LogP) is 3.78. The second kappa shape index (κ2) is 11.1. The first-order valence-corrected chi connectivity index (χ1v) is 12.1. The molecule has 1 fully saturated rings. The van der Waals surface area contributed by atoms with Gasteiger partial charge in [-0.15, -0.1) is 0 Å². The standard InChI is InChI=1S/C25H27N5O3S/c26-16-19-5-3-13-29(19)15-11-22(28-34-23-7-1-6-21-20(23)10-12-27-21)25(33)30-14-2-4-18(17-30)8-9-24(31)32/h1,3,5-10,12-13,18,22,27-28H,2,4,11,14-15,17H2,(H,31,32)/b9-8+. The molecule has 9 heteroatoms. The lowest BCUT2D eigenvalue weighted by atomic mass is 9.96. The van der Waals surface area contributed by atoms with E-state index in [-0.39, 0.29) is 11.8 Å². The minimum Gasteiger partial charge on any atom is -0.478 e. The van der Waals surface area contributed by atoms with E-state index in [1.165, 1.54) is 11.9 Å². The van der Waals surface area contributed by atoms with Crippen LogP contribution in [0, 0.1) is 17.2 Å². The molecule has 8 nitrogen and oxygen atoms in total. The number of nitrogens with zero attached hydrogens (tertiary/aromatic N) is 3. The van der Waals surface area contributed by atoms with Gasteiger partial charge in [0, 0.05) is 53.9 Å². The molecule has 34 heavy (non-hydrogen) atoms. The van der Waals surface area contributed by atoms with Crippen molar-refractivity contribution in [3.8, 4) is 6.07 Å². The van der Waals surface area contributed by atoms with Gasteiger partial charge in [0.2, 0.25) is 5.91 Å². The van der Waals surface area contributed by atoms with Crippen LogP contribution in [-0.4, -0.2) is 50.6 Å². The number of carbonyl (C=O) groups is 2. The van der Waals surface area contributed by atoms with Crippen molar-refractivity contribution in [2.45, 2.75) is 36.7 Å². The Morgan fingerprint density at radius 1 is 1.32 bits per heavy atom. The van der Waals surface area contributed by atoms with Crippen molar-refractivity contribution in [3.63, 3.8) is 0 Å². The highest BCUT2D eigenvalue weighted by Gasteiger charge is 2.28. The predicted molar refractivity (Wildman–Crippen MR) is 131 cm³/mol. The molecule has 1 aliphatic rings. The van der Waals surface area contributed by atoms with Gasteiger partial charge in [-0.3, -0.25) is 4.79 Å². The third-order valence-corrected chi connectivity index (χ3v) is 7.03. The normalized spacial score (nSPS) is 17.1. The van der Waals surface area contributed by atoms with Crippen LogP contribution in [0.1, 0.15) is 25.0 Å². The highest BCUT2D eigenvalue weighted by Crippen LogP contribution is 2.27. The smallest absolute Gasteiger partial charge is 0.327 e. The van der Waals surface area contributed by atoms with Gasteiger partial charge in [0.05, 0.1) is 6.04 Å². The molecule has 2 unspecified atom stereocenters. The van der Waals surface area contributed by atoms with Gasteiger partial charge in [-0.2, -0.15) is 5.26 Å². The Morgan fingerprint density at radius 3 is 3.03 bits per heavy atom. The zero-order chi connectivity index (χ0) is 23.9. The van der Waals surface area contributed by atoms with Crippen LogP contribution in [0.4, 0.5) is 0 Å². The highest BCUT2D eigenvalue weighted by molar-refractivity contribution is 7.97. The van der Waals surface area contributed by atoms with Crippen LogP contribution >= 0.6 is 11.9 Å². The average molecular weight is 478 g/mol. The first-order chi connectivity index (χ1) is 16.5. The average Bonchev–Trinajstić information content (AvgIpc) is 3.52. The van der Waals surface area contributed by atoms with Crippen LogP contribution in [0.25, 0.3) is 10.9 Å². The van der Waals surface area contributed by atoms with Crippen LogP contribution in [-0.2, 0) is 16.1 Å². The van der Waals surface area contributed by atoms with Crippen LogP contribution < -0.4 is 4.72 Å². The second-order valence-corrected chi connectivity index (χ2v) is 9.22. The minimum absolute atomic E-state index is 0.00664. The van der Waals surface area contributed by atoms with E-state index in [0.29, 0.717) is 31.7 Å². The molecule has 0 bridgehead atoms. The van der Waals surface area contributed by atoms with Crippen molar-refractivity contribution < 1.29 is 14.7 Å². The lowest BCUT2D eigenvalue weighted by molar-refractivity contribution is -0.134. The highest BCUT2D eigenvalue weighted by atomic mass is 32.2. The first kappa shape index (κ1) is 23.7. The number of aryl methyl sites for hydroxylation is 1. The summed E-state index contributed by atoms with van der Waals surface area (Å²) in [5, 5.41) is 19.3. The van der Waals surface area contributed by atoms with E-state index in [4.69, 9.17) is 5.11 Å². The lowest BCUT2D eigenvalue weighted by Crippen LogP contribution is -2.48. The van der Waals surface area contributed by atoms with Gasteiger partial charge >= 0.3 is 5.97 Å². The summed E-state index contributed by atoms with van der Waals surface area (Å²) in [6.45, 7) is 1.69. The topological polar surface area (TPSA) is 114 Å². The van der Waals surface area contributed by atoms with Crippen LogP contribution in [0.5, 0.6) is 0 Å². The molecule has 2 aromatic heterocycles. The van der Waals surface area contributed by atoms with Crippen molar-refractivity contribution in [3.05, 3.63) is 66.6 Å². The Balaban J connectivity index is 1.49. The lowest BCUT2D eigenvalue weighted by Gasteiger charge is -2.34. The monoisotopic (exact) mass is 477 g/mol. The zero-order valence-corrected chi connectivity index (χ0v) is 19.5. The number of amides is 1. The number of H-pyrrole nitrogens is 1. The van der Waals surface area contributed by atoms with E-state index in [2.05, 4.69) is 15.8 Å². The van der Waals surface area contributed by atoms with Gasteiger partial charge in [-0.05, 0) is 67.5 Å². The molecule has 4 rings (SSSR count). The number of nitriles is 1. The Morgan fingerprint density at radius 2 is 2.21 bits per heavy atom. The number of hydrogen-bond donors (Lipinski definition) is 3. The zero-order valence-electron chi connectivity index (χ0n) is 18.7. The van der Waals surface area contributed by atoms with Gasteiger partial charge in [0.15, 0.2) is 0 Å². The van der Waals surface area contributed by atoms with Crippen molar-refractivity contribution >= 4 is 34.7 Å². The second-order valence-electron chi connectivity index (χ2n) is 8.34. The number of likely N-dealkylation sites (tertiary alicyclic amines) is 1. The van der Waals surface area contributed by atoms with Crippen LogP contribution in [0.3, 0.4) is 0 Å². The van der Waals surface area contributed by atoms with Crippen LogP contribution in [0.2, 0.25) is 0 Å². The van der Waals surface area contributed by atoms with Gasteiger partial charge in [-0.25, -0.2) is 9.52 Å². The molecular weight excluding hydrogens is 450 g/mol. The van der Waals surface area contributed by atoms with E-state index in [1.807, 2.05) is 52.2 Å². The molecule has 3 aromatic rings. The number of carboxylic acids is 1. The molecule has 0 saturated carbocycles. The summed E-state index contributed by atoms with van der Waals surface area (Å²) in [6, 6.07) is 13.3. The number of aliphatic carboxylic acids is 1. The maximum atomic E-state index is 13.6. The quantitative estimate of drug-likeness (QED) is 0.319. The van der Waals surface area contributed by atoms with Gasteiger partial charge in [0.1, 0.15) is 11.8 Å². The number of carboxylic acid groups (broad SMARTS) is 1. The fourth-order valence-electron chi connectivity index (χ4n) is 4.30. The molecule has 1 aliphatic heterocycles. The molecule has 3 heterocycles. The molecular formula is C25H27N5O3S. The SMILES string of the molecule is N#Cc1cccn1CCC(NSc1cccc2[nH]ccc12)C(=O)N1CCCC(/C=C/C(=O)O)C1. The van der Waals surface area contributed by atoms with Gasteiger partial charge < -0.3 is 19.6 Å². The Kier molecular flexibility index (Phi) is 7.72. The maximum absolute atomic E-state index is 13.6. The number of aromatic nitrogens is 2. The van der Waals surface area contributed by atoms with Crippen molar-refractivity contribution in [2.24, 2.45) is 5.92 Å². The number of carbonyl (C=O) groups excluding carboxylic acids is 1. The summed E-state index contributed by atoms with van der Waals surface area (Å²) in [5.41, 5.74) is 1.59. The van der Waals surface area contributed by atoms with Crippen molar-refractivity contribution in [1.82, 2.24) is 19.2 Å². The van der Waals surface area contributed by atoms with E-state index in [9.17, 15) is 14.9 Å². The number of aromatic amines is 1. The Bertz CT molecular complexity index is 1220. The third kappa shape index (κ3) is 5.71. The third-order valence-electron chi connectivity index (χ3n) is 6.05. The number of hydrogen-bond acceptors (Lipinski definition) is 5. The number of rotatable bonds is 9. The molecule has 0 spiro atoms. The Labute approximate surface area is 202 Å². The minimum atomic E-state index is -0.974. The summed E-state index contributed by atoms with van der Waals surface area (Å²) >= 11 is 1.43. The molecule has 1 aromatic carbocycles. The summed E-state index contributed by atoms with van der Waals surface area (Å²) in [6.07, 6.45) is 8.81. The molecule has 0 radical (unpaired) electrons. The number of nitrogens with one attached hydrogen (secondary N) is 2. The number of fused-ring (bicyclic) bond motifs is 1. The van der Waals surface area contributed by atoms with Gasteiger partial charge in [-0.1, -0.05) is 12.1 Å². The van der Waals surface area contributed by atoms with Gasteiger partial charge in [0.25, 0.3) is 0 Å². The van der Waals surface area contributed by atoms with Crippen molar-refractivity contribution in [1.29, 1.82) is 5.26 Å². The van der Waals surface area contributed by atoms with E-state index in [0.717, 1.165) is 34.7 Å². The first-order valence-electron chi connectivity index (χ1n) is 11.3. The van der Waals surface area contributed by atoms with E-state index >= 15 is 0 Å². The molecule has 1 saturated heterocycles. The summed E-state index contributed by atoms with van der Waals surface area (Å²) in [4.78, 5) is 30.5.